The summed E-state index contributed by atoms with van der Waals surface area (Å²) in [7, 11) is 0. The van der Waals surface area contributed by atoms with Crippen LogP contribution in [0.5, 0.6) is 5.75 Å². The van der Waals surface area contributed by atoms with Gasteiger partial charge in [0, 0.05) is 6.42 Å². The van der Waals surface area contributed by atoms with E-state index >= 15 is 0 Å². The molecule has 19 heavy (non-hydrogen) atoms. The molecule has 0 aliphatic carbocycles. The lowest BCUT2D eigenvalue weighted by Gasteiger charge is -2.17. The van der Waals surface area contributed by atoms with E-state index in [2.05, 4.69) is 0 Å². The second-order valence-electron chi connectivity index (χ2n) is 4.33. The molecule has 0 aliphatic rings. The lowest BCUT2D eigenvalue weighted by molar-refractivity contribution is -0.137. The fourth-order valence-electron chi connectivity index (χ4n) is 1.69. The summed E-state index contributed by atoms with van der Waals surface area (Å²) in [5.74, 6) is 0.0273. The number of halogens is 3. The van der Waals surface area contributed by atoms with Gasteiger partial charge in [-0.2, -0.15) is 18.4 Å². The minimum atomic E-state index is -4.60. The maximum atomic E-state index is 12.7. The Kier molecular flexibility index (Phi) is 4.78. The van der Waals surface area contributed by atoms with Crippen LogP contribution in [0.15, 0.2) is 18.2 Å². The zero-order valence-electron chi connectivity index (χ0n) is 10.5. The molecule has 1 rings (SSSR count). The summed E-state index contributed by atoms with van der Waals surface area (Å²) in [4.78, 5) is 0. The van der Waals surface area contributed by atoms with Crippen molar-refractivity contribution in [1.29, 1.82) is 5.26 Å². The fourth-order valence-corrected chi connectivity index (χ4v) is 1.69. The van der Waals surface area contributed by atoms with Gasteiger partial charge in [-0.15, -0.1) is 0 Å². The van der Waals surface area contributed by atoms with Crippen LogP contribution in [0, 0.1) is 11.3 Å². The van der Waals surface area contributed by atoms with Crippen LogP contribution in [-0.4, -0.2) is 17.3 Å². The Morgan fingerprint density at radius 1 is 1.37 bits per heavy atom. The van der Waals surface area contributed by atoms with Crippen molar-refractivity contribution in [3.63, 3.8) is 0 Å². The van der Waals surface area contributed by atoms with Crippen LogP contribution in [0.25, 0.3) is 0 Å². The van der Waals surface area contributed by atoms with Crippen LogP contribution in [0.1, 0.15) is 31.4 Å². The van der Waals surface area contributed by atoms with Crippen molar-refractivity contribution in [1.82, 2.24) is 0 Å². The van der Waals surface area contributed by atoms with Crippen molar-refractivity contribution in [2.24, 2.45) is 0 Å². The molecule has 1 aromatic carbocycles. The predicted molar refractivity (Wildman–Crippen MR) is 62.5 cm³/mol. The zero-order valence-corrected chi connectivity index (χ0v) is 10.5. The van der Waals surface area contributed by atoms with Crippen LogP contribution >= 0.6 is 0 Å². The third-order valence-electron chi connectivity index (χ3n) is 2.43. The number of aliphatic hydroxyl groups excluding tert-OH is 1. The monoisotopic (exact) mass is 273 g/mol. The van der Waals surface area contributed by atoms with Gasteiger partial charge in [0.05, 0.1) is 29.4 Å². The van der Waals surface area contributed by atoms with E-state index in [4.69, 9.17) is 15.1 Å². The van der Waals surface area contributed by atoms with Crippen LogP contribution in [0.2, 0.25) is 0 Å². The smallest absolute Gasteiger partial charge is 0.417 e. The van der Waals surface area contributed by atoms with Crippen molar-refractivity contribution >= 4 is 0 Å². The minimum Gasteiger partial charge on any atom is -0.491 e. The highest BCUT2D eigenvalue weighted by Crippen LogP contribution is 2.34. The number of alkyl halides is 3. The SMILES string of the molecule is C[C@H](O)C[C@H](C)Oc1ccc(C#N)c(C(F)(F)F)c1. The molecule has 0 spiro atoms. The molecule has 0 aliphatic heterocycles. The molecule has 0 saturated carbocycles. The van der Waals surface area contributed by atoms with Crippen LogP contribution in [-0.2, 0) is 6.18 Å². The van der Waals surface area contributed by atoms with E-state index in [0.29, 0.717) is 6.42 Å². The van der Waals surface area contributed by atoms with E-state index in [1.807, 2.05) is 0 Å². The molecule has 104 valence electrons. The Morgan fingerprint density at radius 3 is 2.47 bits per heavy atom. The van der Waals surface area contributed by atoms with E-state index < -0.39 is 29.5 Å². The maximum Gasteiger partial charge on any atom is 0.417 e. The Labute approximate surface area is 109 Å². The van der Waals surface area contributed by atoms with Gasteiger partial charge in [-0.25, -0.2) is 0 Å². The molecule has 0 fully saturated rings. The molecule has 1 N–H and O–H groups in total. The zero-order chi connectivity index (χ0) is 14.6. The van der Waals surface area contributed by atoms with Gasteiger partial charge in [-0.1, -0.05) is 0 Å². The normalized spacial score (nSPS) is 14.6. The summed E-state index contributed by atoms with van der Waals surface area (Å²) in [5, 5.41) is 17.8. The summed E-state index contributed by atoms with van der Waals surface area (Å²) >= 11 is 0. The van der Waals surface area contributed by atoms with Crippen molar-refractivity contribution in [2.45, 2.75) is 38.7 Å². The van der Waals surface area contributed by atoms with Gasteiger partial charge in [0.25, 0.3) is 0 Å². The largest absolute Gasteiger partial charge is 0.491 e. The molecule has 0 radical (unpaired) electrons. The molecular formula is C13H14F3NO2. The first-order valence-electron chi connectivity index (χ1n) is 5.70. The van der Waals surface area contributed by atoms with Gasteiger partial charge < -0.3 is 9.84 Å². The predicted octanol–water partition coefficient (Wildman–Crippen LogP) is 3.12. The van der Waals surface area contributed by atoms with Crippen molar-refractivity contribution in [3.05, 3.63) is 29.3 Å². The van der Waals surface area contributed by atoms with Gasteiger partial charge >= 0.3 is 6.18 Å². The molecule has 6 heteroatoms. The fraction of sp³-hybridized carbons (Fsp3) is 0.462. The first-order valence-corrected chi connectivity index (χ1v) is 5.70. The number of rotatable bonds is 4. The summed E-state index contributed by atoms with van der Waals surface area (Å²) in [5.41, 5.74) is -1.46. The number of hydrogen-bond acceptors (Lipinski definition) is 3. The maximum absolute atomic E-state index is 12.7. The average Bonchev–Trinajstić information content (AvgIpc) is 2.26. The van der Waals surface area contributed by atoms with Gasteiger partial charge in [0.1, 0.15) is 5.75 Å². The minimum absolute atomic E-state index is 0.0273. The molecule has 0 heterocycles. The van der Waals surface area contributed by atoms with Gasteiger partial charge in [-0.05, 0) is 32.0 Å². The van der Waals surface area contributed by atoms with E-state index in [0.717, 1.165) is 12.1 Å². The highest BCUT2D eigenvalue weighted by atomic mass is 19.4. The first kappa shape index (κ1) is 15.3. The quantitative estimate of drug-likeness (QED) is 0.917. The second-order valence-corrected chi connectivity index (χ2v) is 4.33. The van der Waals surface area contributed by atoms with E-state index in [9.17, 15) is 13.2 Å². The molecule has 2 atom stereocenters. The molecule has 0 unspecified atom stereocenters. The number of nitriles is 1. The van der Waals surface area contributed by atoms with E-state index in [-0.39, 0.29) is 5.75 Å². The van der Waals surface area contributed by atoms with Crippen molar-refractivity contribution < 1.29 is 23.0 Å². The topological polar surface area (TPSA) is 53.2 Å². The van der Waals surface area contributed by atoms with Crippen LogP contribution in [0.3, 0.4) is 0 Å². The number of benzene rings is 1. The number of nitrogens with zero attached hydrogens (tertiary/aromatic N) is 1. The Bertz CT molecular complexity index is 478. The second kappa shape index (κ2) is 5.93. The summed E-state index contributed by atoms with van der Waals surface area (Å²) in [6, 6.07) is 4.69. The molecule has 0 amide bonds. The van der Waals surface area contributed by atoms with E-state index in [1.54, 1.807) is 13.8 Å². The van der Waals surface area contributed by atoms with Gasteiger partial charge in [-0.3, -0.25) is 0 Å². The standard InChI is InChI=1S/C13H14F3NO2/c1-8(18)5-9(2)19-11-4-3-10(7-17)12(6-11)13(14,15)16/h3-4,6,8-9,18H,5H2,1-2H3/t8-,9-/m0/s1. The lowest BCUT2D eigenvalue weighted by Crippen LogP contribution is -2.18. The third kappa shape index (κ3) is 4.45. The van der Waals surface area contributed by atoms with Crippen LogP contribution < -0.4 is 4.74 Å². The molecule has 0 aromatic heterocycles. The third-order valence-corrected chi connectivity index (χ3v) is 2.43. The average molecular weight is 273 g/mol. The van der Waals surface area contributed by atoms with Gasteiger partial charge in [0.15, 0.2) is 0 Å². The Morgan fingerprint density at radius 2 is 2.00 bits per heavy atom. The summed E-state index contributed by atoms with van der Waals surface area (Å²) in [6.07, 6.45) is -5.32. The van der Waals surface area contributed by atoms with Crippen LogP contribution in [0.4, 0.5) is 13.2 Å². The molecule has 1 aromatic rings. The van der Waals surface area contributed by atoms with E-state index in [1.165, 1.54) is 12.1 Å². The Balaban J connectivity index is 2.97. The summed E-state index contributed by atoms with van der Waals surface area (Å²) < 4.78 is 43.4. The van der Waals surface area contributed by atoms with Crippen molar-refractivity contribution in [3.8, 4) is 11.8 Å². The summed E-state index contributed by atoms with van der Waals surface area (Å²) in [6.45, 7) is 3.22. The molecular weight excluding hydrogens is 259 g/mol. The molecule has 0 saturated heterocycles. The molecule has 3 nitrogen and oxygen atoms in total. The Hall–Kier alpha value is -1.74. The highest BCUT2D eigenvalue weighted by molar-refractivity contribution is 5.44. The molecule has 0 bridgehead atoms. The number of aliphatic hydroxyl groups is 1. The number of ether oxygens (including phenoxy) is 1. The number of hydrogen-bond donors (Lipinski definition) is 1. The lowest BCUT2D eigenvalue weighted by atomic mass is 10.1. The van der Waals surface area contributed by atoms with Gasteiger partial charge in [0.2, 0.25) is 0 Å². The highest BCUT2D eigenvalue weighted by Gasteiger charge is 2.34. The van der Waals surface area contributed by atoms with Crippen molar-refractivity contribution in [2.75, 3.05) is 0 Å². The first-order chi connectivity index (χ1) is 8.74.